The van der Waals surface area contributed by atoms with E-state index in [1.54, 1.807) is 12.4 Å². The van der Waals surface area contributed by atoms with E-state index in [2.05, 4.69) is 52.9 Å². The largest absolute Gasteiger partial charge is 0.378 e. The highest BCUT2D eigenvalue weighted by atomic mass is 15.2. The van der Waals surface area contributed by atoms with E-state index in [0.717, 1.165) is 36.6 Å². The van der Waals surface area contributed by atoms with E-state index in [9.17, 15) is 0 Å². The monoisotopic (exact) mass is 283 g/mol. The Morgan fingerprint density at radius 2 is 2.10 bits per heavy atom. The van der Waals surface area contributed by atoms with Crippen LogP contribution in [0.5, 0.6) is 0 Å². The van der Waals surface area contributed by atoms with Gasteiger partial charge >= 0.3 is 0 Å². The molecular formula is C16H21N5. The van der Waals surface area contributed by atoms with Crippen LogP contribution >= 0.6 is 0 Å². The van der Waals surface area contributed by atoms with Crippen molar-refractivity contribution in [3.8, 4) is 0 Å². The summed E-state index contributed by atoms with van der Waals surface area (Å²) >= 11 is 0. The number of rotatable bonds is 3. The Hall–Kier alpha value is -2.17. The molecule has 1 aliphatic heterocycles. The number of hydrogen-bond acceptors (Lipinski definition) is 5. The second-order valence-corrected chi connectivity index (χ2v) is 5.70. The third-order valence-corrected chi connectivity index (χ3v) is 3.91. The van der Waals surface area contributed by atoms with E-state index in [4.69, 9.17) is 4.98 Å². The molecule has 0 unspecified atom stereocenters. The standard InChI is InChI=1S/C16H21N5/c1-12-9-13(20(2)3)10-14(19-12)15-5-4-8-21(15)16-11-17-6-7-18-16/h6-7,9-11,15H,4-5,8H2,1-3H3/t15-/m1/s1. The highest BCUT2D eigenvalue weighted by molar-refractivity contribution is 5.49. The van der Waals surface area contributed by atoms with Gasteiger partial charge in [0.25, 0.3) is 0 Å². The van der Waals surface area contributed by atoms with Gasteiger partial charge < -0.3 is 9.80 Å². The lowest BCUT2D eigenvalue weighted by atomic mass is 10.1. The van der Waals surface area contributed by atoms with Crippen molar-refractivity contribution < 1.29 is 0 Å². The molecule has 3 rings (SSSR count). The van der Waals surface area contributed by atoms with Gasteiger partial charge in [-0.15, -0.1) is 0 Å². The van der Waals surface area contributed by atoms with Crippen molar-refractivity contribution in [2.45, 2.75) is 25.8 Å². The average molecular weight is 283 g/mol. The third-order valence-electron chi connectivity index (χ3n) is 3.91. The van der Waals surface area contributed by atoms with Gasteiger partial charge in [0.1, 0.15) is 5.82 Å². The Morgan fingerprint density at radius 3 is 2.81 bits per heavy atom. The molecule has 2 aromatic rings. The molecule has 1 fully saturated rings. The van der Waals surface area contributed by atoms with Crippen LogP contribution in [-0.4, -0.2) is 35.6 Å². The SMILES string of the molecule is Cc1cc(N(C)C)cc([C@H]2CCCN2c2cnccn2)n1. The molecule has 2 aromatic heterocycles. The molecule has 0 radical (unpaired) electrons. The van der Waals surface area contributed by atoms with Crippen LogP contribution in [0, 0.1) is 6.92 Å². The van der Waals surface area contributed by atoms with Gasteiger partial charge in [0.15, 0.2) is 0 Å². The summed E-state index contributed by atoms with van der Waals surface area (Å²) in [5.41, 5.74) is 3.38. The van der Waals surface area contributed by atoms with Crippen molar-refractivity contribution in [1.82, 2.24) is 15.0 Å². The number of aromatic nitrogens is 3. The Balaban J connectivity index is 1.95. The third kappa shape index (κ3) is 2.82. The van der Waals surface area contributed by atoms with Crippen LogP contribution in [0.25, 0.3) is 0 Å². The summed E-state index contributed by atoms with van der Waals surface area (Å²) in [4.78, 5) is 17.8. The van der Waals surface area contributed by atoms with Crippen molar-refractivity contribution in [2.24, 2.45) is 0 Å². The molecule has 0 bridgehead atoms. The summed E-state index contributed by atoms with van der Waals surface area (Å²) in [7, 11) is 4.13. The normalized spacial score (nSPS) is 18.0. The zero-order valence-corrected chi connectivity index (χ0v) is 12.8. The molecule has 0 aromatic carbocycles. The van der Waals surface area contributed by atoms with Gasteiger partial charge in [-0.25, -0.2) is 4.98 Å². The maximum atomic E-state index is 4.76. The van der Waals surface area contributed by atoms with Crippen molar-refractivity contribution in [2.75, 3.05) is 30.4 Å². The first-order chi connectivity index (χ1) is 10.1. The smallest absolute Gasteiger partial charge is 0.147 e. The molecular weight excluding hydrogens is 262 g/mol. The maximum Gasteiger partial charge on any atom is 0.147 e. The van der Waals surface area contributed by atoms with Crippen LogP contribution in [0.2, 0.25) is 0 Å². The van der Waals surface area contributed by atoms with E-state index in [1.807, 2.05) is 6.20 Å². The first kappa shape index (κ1) is 13.8. The average Bonchev–Trinajstić information content (AvgIpc) is 2.97. The lowest BCUT2D eigenvalue weighted by Gasteiger charge is -2.26. The molecule has 0 spiro atoms. The van der Waals surface area contributed by atoms with Gasteiger partial charge in [0, 0.05) is 44.4 Å². The lowest BCUT2D eigenvalue weighted by Crippen LogP contribution is -2.25. The second-order valence-electron chi connectivity index (χ2n) is 5.70. The molecule has 0 amide bonds. The molecule has 110 valence electrons. The second kappa shape index (κ2) is 5.68. The van der Waals surface area contributed by atoms with E-state index in [1.165, 1.54) is 5.69 Å². The number of aryl methyl sites for hydroxylation is 1. The number of nitrogens with zero attached hydrogens (tertiary/aromatic N) is 5. The van der Waals surface area contributed by atoms with E-state index < -0.39 is 0 Å². The van der Waals surface area contributed by atoms with Crippen molar-refractivity contribution in [1.29, 1.82) is 0 Å². The van der Waals surface area contributed by atoms with Crippen molar-refractivity contribution >= 4 is 11.5 Å². The summed E-state index contributed by atoms with van der Waals surface area (Å²) in [6.45, 7) is 3.06. The van der Waals surface area contributed by atoms with Gasteiger partial charge in [0.2, 0.25) is 0 Å². The van der Waals surface area contributed by atoms with E-state index >= 15 is 0 Å². The van der Waals surface area contributed by atoms with Crippen molar-refractivity contribution in [3.05, 3.63) is 42.1 Å². The molecule has 5 nitrogen and oxygen atoms in total. The minimum Gasteiger partial charge on any atom is -0.378 e. The minimum absolute atomic E-state index is 0.292. The summed E-state index contributed by atoms with van der Waals surface area (Å²) in [6.07, 6.45) is 7.57. The highest BCUT2D eigenvalue weighted by Crippen LogP contribution is 2.35. The van der Waals surface area contributed by atoms with Gasteiger partial charge in [0.05, 0.1) is 17.9 Å². The highest BCUT2D eigenvalue weighted by Gasteiger charge is 2.28. The Labute approximate surface area is 125 Å². The first-order valence-corrected chi connectivity index (χ1v) is 7.34. The fourth-order valence-electron chi connectivity index (χ4n) is 2.89. The van der Waals surface area contributed by atoms with Crippen LogP contribution in [0.15, 0.2) is 30.7 Å². The quantitative estimate of drug-likeness (QED) is 0.866. The van der Waals surface area contributed by atoms with Gasteiger partial charge in [-0.2, -0.15) is 0 Å². The van der Waals surface area contributed by atoms with Crippen LogP contribution in [0.3, 0.4) is 0 Å². The predicted molar refractivity (Wildman–Crippen MR) is 84.7 cm³/mol. The summed E-state index contributed by atoms with van der Waals surface area (Å²) in [5.74, 6) is 0.940. The molecule has 0 aliphatic carbocycles. The molecule has 0 N–H and O–H groups in total. The van der Waals surface area contributed by atoms with Gasteiger partial charge in [-0.1, -0.05) is 0 Å². The number of anilines is 2. The van der Waals surface area contributed by atoms with Gasteiger partial charge in [-0.3, -0.25) is 9.97 Å². The van der Waals surface area contributed by atoms with Crippen LogP contribution in [0.4, 0.5) is 11.5 Å². The Kier molecular flexibility index (Phi) is 3.73. The maximum absolute atomic E-state index is 4.76. The van der Waals surface area contributed by atoms with E-state index in [-0.39, 0.29) is 0 Å². The molecule has 1 saturated heterocycles. The van der Waals surface area contributed by atoms with Gasteiger partial charge in [-0.05, 0) is 31.9 Å². The zero-order valence-electron chi connectivity index (χ0n) is 12.8. The first-order valence-electron chi connectivity index (χ1n) is 7.34. The topological polar surface area (TPSA) is 45.2 Å². The van der Waals surface area contributed by atoms with Crippen molar-refractivity contribution in [3.63, 3.8) is 0 Å². The zero-order chi connectivity index (χ0) is 14.8. The Morgan fingerprint density at radius 1 is 1.24 bits per heavy atom. The fraction of sp³-hybridized carbons (Fsp3) is 0.438. The minimum atomic E-state index is 0.292. The van der Waals surface area contributed by atoms with Crippen LogP contribution in [0.1, 0.15) is 30.3 Å². The lowest BCUT2D eigenvalue weighted by molar-refractivity contribution is 0.683. The summed E-state index contributed by atoms with van der Waals surface area (Å²) in [6, 6.07) is 4.59. The number of hydrogen-bond donors (Lipinski definition) is 0. The molecule has 5 heteroatoms. The summed E-state index contributed by atoms with van der Waals surface area (Å²) in [5, 5.41) is 0. The predicted octanol–water partition coefficient (Wildman–Crippen LogP) is 2.59. The molecule has 0 saturated carbocycles. The molecule has 1 atom stereocenters. The molecule has 1 aliphatic rings. The number of pyridine rings is 1. The van der Waals surface area contributed by atoms with Crippen LogP contribution < -0.4 is 9.80 Å². The Bertz CT molecular complexity index is 611. The van der Waals surface area contributed by atoms with E-state index in [0.29, 0.717) is 6.04 Å². The fourth-order valence-corrected chi connectivity index (χ4v) is 2.89. The van der Waals surface area contributed by atoms with Crippen LogP contribution in [-0.2, 0) is 0 Å². The molecule has 3 heterocycles. The molecule has 21 heavy (non-hydrogen) atoms. The summed E-state index contributed by atoms with van der Waals surface area (Å²) < 4.78 is 0.